The molecule has 2 rings (SSSR count). The van der Waals surface area contributed by atoms with E-state index < -0.39 is 5.41 Å². The van der Waals surface area contributed by atoms with E-state index in [1.54, 1.807) is 12.3 Å². The van der Waals surface area contributed by atoms with Crippen LogP contribution < -0.4 is 9.47 Å². The fourth-order valence-electron chi connectivity index (χ4n) is 2.36. The monoisotopic (exact) mass is 327 g/mol. The Labute approximate surface area is 135 Å². The molecule has 1 aliphatic heterocycles. The van der Waals surface area contributed by atoms with Crippen LogP contribution in [-0.4, -0.2) is 53.0 Å². The van der Waals surface area contributed by atoms with E-state index in [1.165, 1.54) is 7.11 Å². The van der Waals surface area contributed by atoms with Crippen LogP contribution in [0.1, 0.15) is 26.7 Å². The summed E-state index contributed by atoms with van der Waals surface area (Å²) in [7, 11) is 1.51. The summed E-state index contributed by atoms with van der Waals surface area (Å²) < 4.78 is 10.8. The summed E-state index contributed by atoms with van der Waals surface area (Å²) in [5, 5.41) is 0. The van der Waals surface area contributed by atoms with Gasteiger partial charge >= 0.3 is 6.01 Å². The number of methoxy groups -OCH3 is 1. The number of nitrogens with zero attached hydrogens (tertiary/aromatic N) is 3. The van der Waals surface area contributed by atoms with Gasteiger partial charge in [0.15, 0.2) is 0 Å². The van der Waals surface area contributed by atoms with Gasteiger partial charge in [-0.3, -0.25) is 4.79 Å². The van der Waals surface area contributed by atoms with Crippen molar-refractivity contribution in [3.05, 3.63) is 12.3 Å². The number of halogens is 1. The Balaban J connectivity index is 2.00. The summed E-state index contributed by atoms with van der Waals surface area (Å²) in [5.41, 5.74) is -0.554. The van der Waals surface area contributed by atoms with Crippen LogP contribution in [0.4, 0.5) is 0 Å². The molecule has 0 radical (unpaired) electrons. The lowest BCUT2D eigenvalue weighted by atomic mass is 9.93. The summed E-state index contributed by atoms with van der Waals surface area (Å²) in [5.74, 6) is 0.829. The number of hydrogen-bond donors (Lipinski definition) is 0. The van der Waals surface area contributed by atoms with Gasteiger partial charge in [-0.1, -0.05) is 0 Å². The third-order valence-electron chi connectivity index (χ3n) is 3.66. The number of ether oxygens (including phenoxy) is 2. The molecule has 1 aliphatic rings. The lowest BCUT2D eigenvalue weighted by Crippen LogP contribution is -2.49. The molecular weight excluding hydrogens is 306 g/mol. The molecule has 1 aromatic rings. The standard InChI is InChI=1S/C15H22ClN3O3/c1-15(2,10-16)13(20)19-8-4-5-11(9-19)22-12-6-7-17-14(18-12)21-3/h6-7,11H,4-5,8-10H2,1-3H3. The van der Waals surface area contributed by atoms with E-state index in [4.69, 9.17) is 21.1 Å². The molecule has 2 heterocycles. The molecule has 1 amide bonds. The van der Waals surface area contributed by atoms with E-state index in [2.05, 4.69) is 9.97 Å². The number of carbonyl (C=O) groups is 1. The largest absolute Gasteiger partial charge is 0.472 e. The maximum absolute atomic E-state index is 12.5. The van der Waals surface area contributed by atoms with Gasteiger partial charge in [0.25, 0.3) is 0 Å². The second-order valence-electron chi connectivity index (χ2n) is 6.03. The van der Waals surface area contributed by atoms with Gasteiger partial charge in [-0.25, -0.2) is 4.98 Å². The maximum Gasteiger partial charge on any atom is 0.319 e. The van der Waals surface area contributed by atoms with Crippen molar-refractivity contribution in [1.29, 1.82) is 0 Å². The molecule has 122 valence electrons. The molecule has 7 heteroatoms. The zero-order valence-corrected chi connectivity index (χ0v) is 14.0. The van der Waals surface area contributed by atoms with Crippen LogP contribution in [-0.2, 0) is 4.79 Å². The van der Waals surface area contributed by atoms with Crippen LogP contribution in [0.5, 0.6) is 11.9 Å². The predicted molar refractivity (Wildman–Crippen MR) is 83.3 cm³/mol. The van der Waals surface area contributed by atoms with Gasteiger partial charge in [0.1, 0.15) is 6.10 Å². The summed E-state index contributed by atoms with van der Waals surface area (Å²) in [6, 6.07) is 1.95. The Morgan fingerprint density at radius 1 is 1.55 bits per heavy atom. The van der Waals surface area contributed by atoms with Crippen LogP contribution in [0.3, 0.4) is 0 Å². The van der Waals surface area contributed by atoms with Gasteiger partial charge in [-0.05, 0) is 26.7 Å². The molecule has 0 spiro atoms. The number of rotatable bonds is 5. The number of carbonyl (C=O) groups excluding carboxylic acids is 1. The van der Waals surface area contributed by atoms with E-state index in [1.807, 2.05) is 18.7 Å². The van der Waals surface area contributed by atoms with Crippen molar-refractivity contribution < 1.29 is 14.3 Å². The smallest absolute Gasteiger partial charge is 0.319 e. The van der Waals surface area contributed by atoms with Gasteiger partial charge in [-0.15, -0.1) is 11.6 Å². The molecule has 22 heavy (non-hydrogen) atoms. The third-order valence-corrected chi connectivity index (χ3v) is 4.32. The Morgan fingerprint density at radius 2 is 2.32 bits per heavy atom. The number of aromatic nitrogens is 2. The van der Waals surface area contributed by atoms with Crippen molar-refractivity contribution >= 4 is 17.5 Å². The minimum atomic E-state index is -0.554. The van der Waals surface area contributed by atoms with Crippen molar-refractivity contribution in [2.24, 2.45) is 5.41 Å². The van der Waals surface area contributed by atoms with Gasteiger partial charge in [0, 0.05) is 24.7 Å². The van der Waals surface area contributed by atoms with E-state index in [-0.39, 0.29) is 18.0 Å². The minimum absolute atomic E-state index is 0.0658. The fraction of sp³-hybridized carbons (Fsp3) is 0.667. The molecule has 1 aromatic heterocycles. The molecule has 6 nitrogen and oxygen atoms in total. The summed E-state index contributed by atoms with van der Waals surface area (Å²) in [6.07, 6.45) is 3.29. The van der Waals surface area contributed by atoms with Crippen molar-refractivity contribution in [3.63, 3.8) is 0 Å². The van der Waals surface area contributed by atoms with Crippen molar-refractivity contribution in [2.45, 2.75) is 32.8 Å². The Bertz CT molecular complexity index is 525. The summed E-state index contributed by atoms with van der Waals surface area (Å²) in [6.45, 7) is 5.02. The number of piperidine rings is 1. The Kier molecular flexibility index (Phi) is 5.45. The number of amides is 1. The molecule has 1 fully saturated rings. The normalized spacial score (nSPS) is 18.9. The van der Waals surface area contributed by atoms with Gasteiger partial charge in [0.05, 0.1) is 19.1 Å². The van der Waals surface area contributed by atoms with Crippen LogP contribution in [0.15, 0.2) is 12.3 Å². The van der Waals surface area contributed by atoms with Gasteiger partial charge in [0.2, 0.25) is 11.8 Å². The highest BCUT2D eigenvalue weighted by molar-refractivity contribution is 6.19. The van der Waals surface area contributed by atoms with Crippen LogP contribution in [0, 0.1) is 5.41 Å². The third kappa shape index (κ3) is 4.00. The highest BCUT2D eigenvalue weighted by Crippen LogP contribution is 2.24. The fourth-order valence-corrected chi connectivity index (χ4v) is 2.48. The lowest BCUT2D eigenvalue weighted by Gasteiger charge is -2.36. The number of likely N-dealkylation sites (tertiary alicyclic amines) is 1. The molecular formula is C15H22ClN3O3. The van der Waals surface area contributed by atoms with Crippen molar-refractivity contribution in [1.82, 2.24) is 14.9 Å². The maximum atomic E-state index is 12.5. The first-order chi connectivity index (χ1) is 10.5. The molecule has 0 aromatic carbocycles. The van der Waals surface area contributed by atoms with E-state index in [0.29, 0.717) is 18.3 Å². The SMILES string of the molecule is COc1nccc(OC2CCCN(C(=O)C(C)(C)CCl)C2)n1. The van der Waals surface area contributed by atoms with Crippen LogP contribution >= 0.6 is 11.6 Å². The van der Waals surface area contributed by atoms with E-state index >= 15 is 0 Å². The lowest BCUT2D eigenvalue weighted by molar-refractivity contribution is -0.142. The first kappa shape index (κ1) is 16.8. The highest BCUT2D eigenvalue weighted by atomic mass is 35.5. The summed E-state index contributed by atoms with van der Waals surface area (Å²) >= 11 is 5.90. The molecule has 1 atom stereocenters. The van der Waals surface area contributed by atoms with Crippen molar-refractivity contribution in [3.8, 4) is 11.9 Å². The molecule has 0 saturated carbocycles. The van der Waals surface area contributed by atoms with Crippen LogP contribution in [0.2, 0.25) is 0 Å². The highest BCUT2D eigenvalue weighted by Gasteiger charge is 2.34. The van der Waals surface area contributed by atoms with Crippen molar-refractivity contribution in [2.75, 3.05) is 26.1 Å². The quantitative estimate of drug-likeness (QED) is 0.775. The molecule has 1 saturated heterocycles. The zero-order valence-electron chi connectivity index (χ0n) is 13.2. The molecule has 0 bridgehead atoms. The molecule has 1 unspecified atom stereocenters. The average Bonchev–Trinajstić information content (AvgIpc) is 2.54. The molecule has 0 N–H and O–H groups in total. The zero-order chi connectivity index (χ0) is 16.2. The Morgan fingerprint density at radius 3 is 3.00 bits per heavy atom. The minimum Gasteiger partial charge on any atom is -0.472 e. The first-order valence-electron chi connectivity index (χ1n) is 7.35. The summed E-state index contributed by atoms with van der Waals surface area (Å²) in [4.78, 5) is 22.4. The predicted octanol–water partition coefficient (Wildman–Crippen LogP) is 2.12. The van der Waals surface area contributed by atoms with Gasteiger partial charge < -0.3 is 14.4 Å². The number of hydrogen-bond acceptors (Lipinski definition) is 5. The van der Waals surface area contributed by atoms with Crippen LogP contribution in [0.25, 0.3) is 0 Å². The Hall–Kier alpha value is -1.56. The molecule has 0 aliphatic carbocycles. The first-order valence-corrected chi connectivity index (χ1v) is 7.89. The van der Waals surface area contributed by atoms with E-state index in [9.17, 15) is 4.79 Å². The van der Waals surface area contributed by atoms with E-state index in [0.717, 1.165) is 19.4 Å². The second-order valence-corrected chi connectivity index (χ2v) is 6.30. The average molecular weight is 328 g/mol. The second kappa shape index (κ2) is 7.13. The number of alkyl halides is 1. The van der Waals surface area contributed by atoms with Gasteiger partial charge in [-0.2, -0.15) is 4.98 Å². The topological polar surface area (TPSA) is 64.6 Å².